The van der Waals surface area contributed by atoms with E-state index in [0.717, 1.165) is 61.5 Å². The minimum Gasteiger partial charge on any atom is -0.505 e. The molecule has 0 saturated carbocycles. The molecule has 99 heavy (non-hydrogen) atoms. The van der Waals surface area contributed by atoms with Crippen LogP contribution in [0.1, 0.15) is 22.8 Å². The number of hydrogen-bond acceptors (Lipinski definition) is 30. The molecule has 526 valence electrons. The summed E-state index contributed by atoms with van der Waals surface area (Å²) >= 11 is 12.1. The van der Waals surface area contributed by atoms with Gasteiger partial charge in [-0.15, -0.1) is 20.5 Å². The van der Waals surface area contributed by atoms with Crippen molar-refractivity contribution in [2.45, 2.75) is 49.8 Å². The number of rotatable bonds is 23. The summed E-state index contributed by atoms with van der Waals surface area (Å²) in [7, 11) is -31.6. The Labute approximate surface area is 568 Å². The SMILES string of the molecule is C=C(/N=C(\N=C(/N)Cl)Nc1ccc2c(O)c(/N=N/c3ccc(/N=N/c4ccc(S(=O)(=O)O)cc4)cc3S(=O)(=O)O)c(S(=O)(=O)O)cc2c1S(=O)(=O)O)N1CCN(CCNc2nc(Cl)nc(Nc3cc(S(=O)(=O)O)c(/N=N/c4c(C)c(C(N)=O)c(=O)n(CC)c4O)cc3S(=O)(=O)O)n2)CC1. The van der Waals surface area contributed by atoms with Crippen LogP contribution in [0.5, 0.6) is 11.6 Å². The molecular formula is C50H49Cl2N19O22S6. The van der Waals surface area contributed by atoms with Crippen LogP contribution in [0.2, 0.25) is 5.28 Å². The van der Waals surface area contributed by atoms with Gasteiger partial charge in [-0.1, -0.05) is 6.58 Å². The molecule has 2 aromatic heterocycles. The van der Waals surface area contributed by atoms with Crippen molar-refractivity contribution < 1.29 is 92.8 Å². The average molecular weight is 1530 g/mol. The number of guanidine groups is 1. The van der Waals surface area contributed by atoms with E-state index in [1.807, 2.05) is 4.90 Å². The maximum absolute atomic E-state index is 13.2. The number of phenols is 1. The molecule has 0 aliphatic carbocycles. The fourth-order valence-corrected chi connectivity index (χ4v) is 13.4. The third-order valence-electron chi connectivity index (χ3n) is 13.7. The van der Waals surface area contributed by atoms with Gasteiger partial charge in [0.15, 0.2) is 11.0 Å². The van der Waals surface area contributed by atoms with E-state index in [4.69, 9.17) is 34.7 Å². The summed E-state index contributed by atoms with van der Waals surface area (Å²) in [5.41, 5.74) is 4.10. The van der Waals surface area contributed by atoms with Crippen LogP contribution in [0.4, 0.5) is 57.4 Å². The van der Waals surface area contributed by atoms with E-state index in [-0.39, 0.29) is 61.4 Å². The summed E-state index contributed by atoms with van der Waals surface area (Å²) in [6.07, 6.45) is 0. The molecule has 1 amide bonds. The van der Waals surface area contributed by atoms with Gasteiger partial charge in [-0.2, -0.15) is 85.7 Å². The molecule has 49 heteroatoms. The molecule has 1 fully saturated rings. The van der Waals surface area contributed by atoms with Crippen LogP contribution in [-0.4, -0.2) is 174 Å². The highest BCUT2D eigenvalue weighted by atomic mass is 35.5. The first-order valence-electron chi connectivity index (χ1n) is 27.0. The summed E-state index contributed by atoms with van der Waals surface area (Å²) in [4.78, 5) is 42.4. The zero-order valence-corrected chi connectivity index (χ0v) is 56.4. The summed E-state index contributed by atoms with van der Waals surface area (Å²) in [5, 5.41) is 49.8. The quantitative estimate of drug-likeness (QED) is 0.0121. The van der Waals surface area contributed by atoms with Crippen molar-refractivity contribution in [2.75, 3.05) is 55.2 Å². The molecule has 7 aromatic rings. The van der Waals surface area contributed by atoms with Crippen LogP contribution >= 0.6 is 23.2 Å². The summed E-state index contributed by atoms with van der Waals surface area (Å²) in [6.45, 7) is 7.65. The smallest absolute Gasteiger partial charge is 0.297 e. The standard InChI is InChI=1S/C50H49Cl2N19O22S6/c1-4-71-44(74)38(43(53)73)23(2)39(45(71)75)67-66-33-22-35(96(82,83)84)32(21-36(33)97(85,86)87)58-50-61-47(52)60-48(62-50)55-13-14-69-15-17-70(18-16-69)24(3)56-49(59-46(51)54)57-31-12-10-28-29(42(31)99(91,92)93)20-37(98(88,89)90)40(41(28)72)68-65-30-11-7-26(19-34(30)95(79,80)81)64-63-25-5-8-27(9-6-25)94(76,77)78/h5-12,19-22,72,75H,3-4,13-18H2,1-2H3,(H2,53,73)(H,76,77,78)(H,79,80,81)(H,82,83,84)(H,85,86,87)(H,88,89,90)(H,91,92,93)(H3,54,56,57,59)(H2,55,58,60,61,62)/b64-63+,67-66+,68-65+. The zero-order chi connectivity index (χ0) is 73.2. The normalized spacial score (nSPS) is 14.2. The van der Waals surface area contributed by atoms with Crippen LogP contribution in [0.25, 0.3) is 10.8 Å². The van der Waals surface area contributed by atoms with Gasteiger partial charge in [0, 0.05) is 62.1 Å². The van der Waals surface area contributed by atoms with Crippen LogP contribution in [0.15, 0.2) is 160 Å². The predicted octanol–water partition coefficient (Wildman–Crippen LogP) is 5.67. The van der Waals surface area contributed by atoms with E-state index in [1.54, 1.807) is 4.90 Å². The van der Waals surface area contributed by atoms with Crippen molar-refractivity contribution in [3.8, 4) is 11.6 Å². The van der Waals surface area contributed by atoms with E-state index in [0.29, 0.717) is 35.9 Å². The Morgan fingerprint density at radius 3 is 1.78 bits per heavy atom. The number of anilines is 4. The number of phenolic OH excluding ortho intramolecular Hbond substituents is 1. The minimum absolute atomic E-state index is 0.0169. The molecule has 3 heterocycles. The number of primary amides is 1. The number of nitrogens with zero attached hydrogens (tertiary/aromatic N) is 14. The van der Waals surface area contributed by atoms with Crippen molar-refractivity contribution in [1.82, 2.24) is 29.3 Å². The average Bonchev–Trinajstić information content (AvgIpc) is 0.746. The van der Waals surface area contributed by atoms with E-state index in [1.165, 1.54) is 6.92 Å². The number of carbonyl (C=O) groups excluding carboxylic acids is 1. The number of halogens is 2. The zero-order valence-electron chi connectivity index (χ0n) is 50.0. The fourth-order valence-electron chi connectivity index (χ4n) is 9.24. The minimum atomic E-state index is -5.58. The van der Waals surface area contributed by atoms with Gasteiger partial charge in [-0.3, -0.25) is 46.4 Å². The molecule has 0 spiro atoms. The van der Waals surface area contributed by atoms with Gasteiger partial charge in [-0.05, 0) is 110 Å². The molecule has 15 N–H and O–H groups in total. The van der Waals surface area contributed by atoms with Crippen molar-refractivity contribution in [3.63, 3.8) is 0 Å². The predicted molar refractivity (Wildman–Crippen MR) is 350 cm³/mol. The van der Waals surface area contributed by atoms with Crippen LogP contribution < -0.4 is 33.0 Å². The summed E-state index contributed by atoms with van der Waals surface area (Å²) in [6, 6.07) is 10.3. The summed E-state index contributed by atoms with van der Waals surface area (Å²) in [5.74, 6) is -4.70. The Morgan fingerprint density at radius 2 is 1.20 bits per heavy atom. The fraction of sp³-hybridized carbons (Fsp3) is 0.180. The highest BCUT2D eigenvalue weighted by molar-refractivity contribution is 7.87. The van der Waals surface area contributed by atoms with Crippen LogP contribution in [-0.2, 0) is 67.3 Å². The molecule has 0 atom stereocenters. The number of carbonyl (C=O) groups is 1. The van der Waals surface area contributed by atoms with Gasteiger partial charge in [0.05, 0.1) is 27.6 Å². The lowest BCUT2D eigenvalue weighted by molar-refractivity contribution is 0.0997. The van der Waals surface area contributed by atoms with Gasteiger partial charge in [0.1, 0.15) is 58.6 Å². The number of amidine groups is 1. The Bertz CT molecular complexity index is 5470. The number of azo groups is 3. The molecule has 1 saturated heterocycles. The Balaban J connectivity index is 0.976. The first-order chi connectivity index (χ1) is 45.9. The van der Waals surface area contributed by atoms with Gasteiger partial charge in [0.25, 0.3) is 72.2 Å². The lowest BCUT2D eigenvalue weighted by Gasteiger charge is -2.35. The lowest BCUT2D eigenvalue weighted by atomic mass is 10.1. The van der Waals surface area contributed by atoms with E-state index < -0.39 is 186 Å². The largest absolute Gasteiger partial charge is 0.505 e. The Hall–Kier alpha value is -9.73. The number of aromatic nitrogens is 4. The molecular weight excluding hydrogens is 1480 g/mol. The first kappa shape index (κ1) is 75.0. The maximum Gasteiger partial charge on any atom is 0.297 e. The number of nitrogens with one attached hydrogen (secondary N) is 3. The highest BCUT2D eigenvalue weighted by Crippen LogP contribution is 2.46. The molecule has 8 rings (SSSR count). The molecule has 0 radical (unpaired) electrons. The van der Waals surface area contributed by atoms with Gasteiger partial charge >= 0.3 is 0 Å². The molecule has 0 bridgehead atoms. The number of benzene rings is 5. The van der Waals surface area contributed by atoms with Crippen molar-refractivity contribution in [1.29, 1.82) is 0 Å². The summed E-state index contributed by atoms with van der Waals surface area (Å²) < 4.78 is 212. The molecule has 0 unspecified atom stereocenters. The van der Waals surface area contributed by atoms with Crippen molar-refractivity contribution in [2.24, 2.45) is 52.1 Å². The van der Waals surface area contributed by atoms with E-state index in [2.05, 4.69) is 78.2 Å². The number of pyridine rings is 1. The number of fused-ring (bicyclic) bond motifs is 1. The first-order valence-corrected chi connectivity index (χ1v) is 36.4. The topological polar surface area (TPSA) is 638 Å². The van der Waals surface area contributed by atoms with Crippen LogP contribution in [0, 0.1) is 6.92 Å². The number of piperazine rings is 1. The molecule has 1 aliphatic rings. The maximum atomic E-state index is 13.2. The van der Waals surface area contributed by atoms with Gasteiger partial charge in [0.2, 0.25) is 29.0 Å². The van der Waals surface area contributed by atoms with E-state index >= 15 is 0 Å². The second kappa shape index (κ2) is 29.0. The van der Waals surface area contributed by atoms with Crippen LogP contribution in [0.3, 0.4) is 0 Å². The van der Waals surface area contributed by atoms with E-state index in [9.17, 15) is 97.6 Å². The van der Waals surface area contributed by atoms with Gasteiger partial charge in [-0.25, -0.2) is 0 Å². The third-order valence-corrected chi connectivity index (χ3v) is 19.3. The second-order valence-electron chi connectivity index (χ2n) is 20.2. The number of aromatic hydroxyl groups is 2. The number of nitrogens with two attached hydrogens (primary N) is 2. The van der Waals surface area contributed by atoms with Gasteiger partial charge < -0.3 is 42.5 Å². The molecule has 41 nitrogen and oxygen atoms in total. The molecule has 5 aromatic carbocycles. The van der Waals surface area contributed by atoms with Crippen molar-refractivity contribution >= 4 is 169 Å². The molecule has 1 aliphatic heterocycles. The third kappa shape index (κ3) is 18.0. The Kier molecular flexibility index (Phi) is 22.0. The number of aliphatic imine (C=N–C) groups is 2. The Morgan fingerprint density at radius 1 is 0.626 bits per heavy atom. The lowest BCUT2D eigenvalue weighted by Crippen LogP contribution is -2.46. The van der Waals surface area contributed by atoms with Crippen molar-refractivity contribution in [3.05, 3.63) is 112 Å². The number of hydrogen-bond donors (Lipinski definition) is 13. The second-order valence-corrected chi connectivity index (χ2v) is 29.2. The monoisotopic (exact) mass is 1530 g/mol. The number of amides is 1. The highest BCUT2D eigenvalue weighted by Gasteiger charge is 2.31.